The molecular weight excluding hydrogens is 320 g/mol. The van der Waals surface area contributed by atoms with Crippen LogP contribution in [0.2, 0.25) is 0 Å². The molecule has 0 bridgehead atoms. The van der Waals surface area contributed by atoms with Crippen LogP contribution in [0.15, 0.2) is 30.3 Å². The molecule has 138 valence electrons. The zero-order valence-electron chi connectivity index (χ0n) is 15.2. The van der Waals surface area contributed by atoms with Crippen LogP contribution in [0.25, 0.3) is 0 Å². The molecule has 25 heavy (non-hydrogen) atoms. The molecule has 0 aliphatic rings. The maximum Gasteiger partial charge on any atom is 0.328 e. The fourth-order valence-corrected chi connectivity index (χ4v) is 2.43. The van der Waals surface area contributed by atoms with E-state index in [2.05, 4.69) is 10.6 Å². The minimum Gasteiger partial charge on any atom is -0.467 e. The number of amides is 2. The predicted octanol–water partition coefficient (Wildman–Crippen LogP) is 2.49. The maximum atomic E-state index is 12.0. The van der Waals surface area contributed by atoms with Crippen LogP contribution in [0.4, 0.5) is 0 Å². The van der Waals surface area contributed by atoms with Crippen molar-refractivity contribution in [2.24, 2.45) is 0 Å². The van der Waals surface area contributed by atoms with Crippen molar-refractivity contribution in [3.63, 3.8) is 0 Å². The summed E-state index contributed by atoms with van der Waals surface area (Å²) in [6.45, 7) is 3.90. The third-order valence-electron chi connectivity index (χ3n) is 3.92. The van der Waals surface area contributed by atoms with E-state index in [1.54, 1.807) is 0 Å². The Morgan fingerprint density at radius 2 is 1.64 bits per heavy atom. The van der Waals surface area contributed by atoms with Crippen molar-refractivity contribution >= 4 is 17.8 Å². The van der Waals surface area contributed by atoms with Crippen LogP contribution in [0.3, 0.4) is 0 Å². The van der Waals surface area contributed by atoms with Gasteiger partial charge in [0.15, 0.2) is 0 Å². The molecule has 2 N–H and O–H groups in total. The van der Waals surface area contributed by atoms with Gasteiger partial charge in [0.2, 0.25) is 11.8 Å². The van der Waals surface area contributed by atoms with Crippen molar-refractivity contribution in [1.82, 2.24) is 10.6 Å². The first kappa shape index (κ1) is 20.7. The van der Waals surface area contributed by atoms with E-state index in [0.29, 0.717) is 6.42 Å². The smallest absolute Gasteiger partial charge is 0.328 e. The number of esters is 1. The summed E-state index contributed by atoms with van der Waals surface area (Å²) in [5.74, 6) is -0.979. The molecule has 0 saturated carbocycles. The number of methoxy groups -OCH3 is 1. The van der Waals surface area contributed by atoms with Crippen LogP contribution < -0.4 is 10.6 Å². The Labute approximate surface area is 149 Å². The number of hydrogen-bond donors (Lipinski definition) is 2. The normalized spacial score (nSPS) is 12.8. The molecule has 0 heterocycles. The first-order valence-electron chi connectivity index (χ1n) is 8.69. The number of unbranched alkanes of at least 4 members (excludes halogenated alkanes) is 1. The van der Waals surface area contributed by atoms with Gasteiger partial charge in [-0.15, -0.1) is 0 Å². The summed E-state index contributed by atoms with van der Waals surface area (Å²) in [7, 11) is 1.30. The van der Waals surface area contributed by atoms with Gasteiger partial charge in [-0.2, -0.15) is 0 Å². The zero-order chi connectivity index (χ0) is 18.7. The second-order valence-corrected chi connectivity index (χ2v) is 5.99. The summed E-state index contributed by atoms with van der Waals surface area (Å²) in [5, 5.41) is 5.51. The topological polar surface area (TPSA) is 84.5 Å². The van der Waals surface area contributed by atoms with Crippen molar-refractivity contribution in [2.75, 3.05) is 7.11 Å². The van der Waals surface area contributed by atoms with Gasteiger partial charge in [-0.3, -0.25) is 9.59 Å². The Balaban J connectivity index is 2.41. The molecule has 0 spiro atoms. The van der Waals surface area contributed by atoms with E-state index in [0.717, 1.165) is 18.4 Å². The molecule has 1 rings (SSSR count). The standard InChI is InChI=1S/C19H28N2O4/c1-4-5-11-16(19(24)25-3)21-18(23)13-12-17(22)20-14(2)15-9-7-6-8-10-15/h6-10,14,16H,4-5,11-13H2,1-3H3,(H,20,22)(H,21,23)/t14-,16+/m1/s1. The Morgan fingerprint density at radius 1 is 1.04 bits per heavy atom. The van der Waals surface area contributed by atoms with E-state index in [-0.39, 0.29) is 30.7 Å². The van der Waals surface area contributed by atoms with Gasteiger partial charge in [-0.05, 0) is 18.9 Å². The second-order valence-electron chi connectivity index (χ2n) is 5.99. The zero-order valence-corrected chi connectivity index (χ0v) is 15.2. The first-order valence-corrected chi connectivity index (χ1v) is 8.69. The van der Waals surface area contributed by atoms with Gasteiger partial charge < -0.3 is 15.4 Å². The Bertz CT molecular complexity index is 560. The lowest BCUT2D eigenvalue weighted by molar-refractivity contribution is -0.145. The van der Waals surface area contributed by atoms with E-state index in [1.165, 1.54) is 7.11 Å². The number of nitrogens with one attached hydrogen (secondary N) is 2. The molecule has 6 heteroatoms. The largest absolute Gasteiger partial charge is 0.467 e. The van der Waals surface area contributed by atoms with Crippen molar-refractivity contribution in [2.45, 2.75) is 58.0 Å². The van der Waals surface area contributed by atoms with Crippen molar-refractivity contribution in [1.29, 1.82) is 0 Å². The summed E-state index contributed by atoms with van der Waals surface area (Å²) in [6.07, 6.45) is 2.38. The summed E-state index contributed by atoms with van der Waals surface area (Å²) in [6, 6.07) is 8.84. The highest BCUT2D eigenvalue weighted by Crippen LogP contribution is 2.11. The number of hydrogen-bond acceptors (Lipinski definition) is 4. The van der Waals surface area contributed by atoms with E-state index >= 15 is 0 Å². The molecule has 0 unspecified atom stereocenters. The Kier molecular flexibility index (Phi) is 9.29. The van der Waals surface area contributed by atoms with Crippen LogP contribution in [-0.2, 0) is 19.1 Å². The van der Waals surface area contributed by atoms with E-state index in [9.17, 15) is 14.4 Å². The number of carbonyl (C=O) groups excluding carboxylic acids is 3. The average Bonchev–Trinajstić information content (AvgIpc) is 2.63. The molecule has 0 radical (unpaired) electrons. The van der Waals surface area contributed by atoms with Crippen LogP contribution in [0.5, 0.6) is 0 Å². The number of ether oxygens (including phenoxy) is 1. The van der Waals surface area contributed by atoms with Gasteiger partial charge in [0.05, 0.1) is 13.2 Å². The van der Waals surface area contributed by atoms with E-state index in [4.69, 9.17) is 4.74 Å². The monoisotopic (exact) mass is 348 g/mol. The quantitative estimate of drug-likeness (QED) is 0.636. The van der Waals surface area contributed by atoms with E-state index in [1.807, 2.05) is 44.2 Å². The molecule has 0 aromatic heterocycles. The highest BCUT2D eigenvalue weighted by Gasteiger charge is 2.21. The SMILES string of the molecule is CCCC[C@H](NC(=O)CCC(=O)N[C@H](C)c1ccccc1)C(=O)OC. The van der Waals surface area contributed by atoms with Gasteiger partial charge in [-0.1, -0.05) is 50.1 Å². The lowest BCUT2D eigenvalue weighted by Crippen LogP contribution is -2.41. The Morgan fingerprint density at radius 3 is 2.20 bits per heavy atom. The maximum absolute atomic E-state index is 12.0. The fourth-order valence-electron chi connectivity index (χ4n) is 2.43. The average molecular weight is 348 g/mol. The number of rotatable bonds is 10. The van der Waals surface area contributed by atoms with Gasteiger partial charge in [-0.25, -0.2) is 4.79 Å². The molecule has 1 aromatic carbocycles. The lowest BCUT2D eigenvalue weighted by atomic mass is 10.1. The van der Waals surface area contributed by atoms with Crippen LogP contribution in [0, 0.1) is 0 Å². The third kappa shape index (κ3) is 7.83. The molecule has 1 aromatic rings. The molecule has 2 atom stereocenters. The molecule has 0 aliphatic carbocycles. The van der Waals surface area contributed by atoms with Crippen LogP contribution in [0.1, 0.15) is 57.6 Å². The minimum absolute atomic E-state index is 0.0347. The summed E-state index contributed by atoms with van der Waals surface area (Å²) < 4.78 is 4.70. The summed E-state index contributed by atoms with van der Waals surface area (Å²) in [5.41, 5.74) is 1.01. The minimum atomic E-state index is -0.649. The molecule has 0 fully saturated rings. The molecule has 6 nitrogen and oxygen atoms in total. The Hall–Kier alpha value is -2.37. The summed E-state index contributed by atoms with van der Waals surface area (Å²) >= 11 is 0. The molecule has 2 amide bonds. The van der Waals surface area contributed by atoms with Crippen LogP contribution in [-0.4, -0.2) is 30.9 Å². The number of benzene rings is 1. The highest BCUT2D eigenvalue weighted by molar-refractivity contribution is 5.87. The van der Waals surface area contributed by atoms with Crippen LogP contribution >= 0.6 is 0 Å². The third-order valence-corrected chi connectivity index (χ3v) is 3.92. The lowest BCUT2D eigenvalue weighted by Gasteiger charge is -2.17. The van der Waals surface area contributed by atoms with Gasteiger partial charge in [0.25, 0.3) is 0 Å². The van der Waals surface area contributed by atoms with Crippen molar-refractivity contribution in [3.8, 4) is 0 Å². The molecule has 0 aliphatic heterocycles. The van der Waals surface area contributed by atoms with Gasteiger partial charge >= 0.3 is 5.97 Å². The fraction of sp³-hybridized carbons (Fsp3) is 0.526. The van der Waals surface area contributed by atoms with Crippen molar-refractivity contribution in [3.05, 3.63) is 35.9 Å². The number of carbonyl (C=O) groups is 3. The molecule has 0 saturated heterocycles. The van der Waals surface area contributed by atoms with E-state index < -0.39 is 12.0 Å². The first-order chi connectivity index (χ1) is 12.0. The second kappa shape index (κ2) is 11.2. The predicted molar refractivity (Wildman–Crippen MR) is 95.7 cm³/mol. The highest BCUT2D eigenvalue weighted by atomic mass is 16.5. The van der Waals surface area contributed by atoms with Gasteiger partial charge in [0, 0.05) is 12.8 Å². The summed E-state index contributed by atoms with van der Waals surface area (Å²) in [4.78, 5) is 35.7. The molecular formula is C19H28N2O4. The van der Waals surface area contributed by atoms with Crippen molar-refractivity contribution < 1.29 is 19.1 Å². The van der Waals surface area contributed by atoms with Gasteiger partial charge in [0.1, 0.15) is 6.04 Å².